The van der Waals surface area contributed by atoms with Gasteiger partial charge in [0.15, 0.2) is 0 Å². The Bertz CT molecular complexity index is 971. The number of halogens is 1. The lowest BCUT2D eigenvalue weighted by Gasteiger charge is -2.17. The Morgan fingerprint density at radius 3 is 2.79 bits per heavy atom. The molecule has 1 aliphatic rings. The number of nitriles is 1. The summed E-state index contributed by atoms with van der Waals surface area (Å²) in [4.78, 5) is 12.6. The fourth-order valence-electron chi connectivity index (χ4n) is 3.15. The largest absolute Gasteiger partial charge is 0.497 e. The highest BCUT2D eigenvalue weighted by atomic mass is 35.5. The second kappa shape index (κ2) is 9.43. The molecule has 1 heterocycles. The predicted octanol–water partition coefficient (Wildman–Crippen LogP) is 3.21. The fraction of sp³-hybridized carbons (Fsp3) is 0.238. The summed E-state index contributed by atoms with van der Waals surface area (Å²) in [7, 11) is 3.12. The van der Waals surface area contributed by atoms with Gasteiger partial charge >= 0.3 is 0 Å². The number of anilines is 1. The zero-order valence-corrected chi connectivity index (χ0v) is 16.8. The maximum Gasteiger partial charge on any atom is 0.265 e. The van der Waals surface area contributed by atoms with Crippen LogP contribution in [0.5, 0.6) is 11.5 Å². The maximum atomic E-state index is 12.6. The van der Waals surface area contributed by atoms with Crippen molar-refractivity contribution >= 4 is 23.2 Å². The molecule has 0 spiro atoms. The number of nitrogens with zero attached hydrogens (tertiary/aromatic N) is 1. The molecule has 3 N–H and O–H groups in total. The third kappa shape index (κ3) is 4.87. The van der Waals surface area contributed by atoms with Crippen molar-refractivity contribution in [3.63, 3.8) is 0 Å². The molecule has 0 saturated carbocycles. The first kappa shape index (κ1) is 20.7. The molecule has 29 heavy (non-hydrogen) atoms. The Labute approximate surface area is 174 Å². The van der Waals surface area contributed by atoms with E-state index in [1.807, 2.05) is 30.3 Å². The summed E-state index contributed by atoms with van der Waals surface area (Å²) in [5.41, 5.74) is 7.78. The zero-order chi connectivity index (χ0) is 20.8. The Kier molecular flexibility index (Phi) is 6.73. The van der Waals surface area contributed by atoms with Crippen LogP contribution in [0.15, 0.2) is 54.1 Å². The summed E-state index contributed by atoms with van der Waals surface area (Å²) in [6.45, 7) is 0.578. The maximum absolute atomic E-state index is 12.6. The fourth-order valence-corrected chi connectivity index (χ4v) is 3.41. The van der Waals surface area contributed by atoms with Crippen LogP contribution in [-0.4, -0.2) is 26.7 Å². The van der Waals surface area contributed by atoms with E-state index >= 15 is 0 Å². The van der Waals surface area contributed by atoms with Gasteiger partial charge in [-0.05, 0) is 35.9 Å². The van der Waals surface area contributed by atoms with Crippen LogP contribution in [0.2, 0.25) is 5.02 Å². The molecule has 0 bridgehead atoms. The minimum Gasteiger partial charge on any atom is -0.497 e. The van der Waals surface area contributed by atoms with Gasteiger partial charge in [0.2, 0.25) is 0 Å². The lowest BCUT2D eigenvalue weighted by Crippen LogP contribution is -2.25. The van der Waals surface area contributed by atoms with E-state index in [0.29, 0.717) is 23.0 Å². The Morgan fingerprint density at radius 1 is 1.28 bits per heavy atom. The molecule has 1 fully saturated rings. The first-order valence-electron chi connectivity index (χ1n) is 8.95. The Balaban J connectivity index is 1.78. The van der Waals surface area contributed by atoms with E-state index in [4.69, 9.17) is 21.1 Å². The highest BCUT2D eigenvalue weighted by Gasteiger charge is 2.28. The van der Waals surface area contributed by atoms with Crippen molar-refractivity contribution in [3.05, 3.63) is 64.7 Å². The van der Waals surface area contributed by atoms with Gasteiger partial charge in [-0.25, -0.2) is 5.43 Å². The second-order valence-electron chi connectivity index (χ2n) is 6.44. The molecular weight excluding hydrogens is 392 g/mol. The van der Waals surface area contributed by atoms with E-state index in [2.05, 4.69) is 16.2 Å². The van der Waals surface area contributed by atoms with E-state index < -0.39 is 5.91 Å². The third-order valence-electron chi connectivity index (χ3n) is 4.63. The van der Waals surface area contributed by atoms with Gasteiger partial charge in [0.25, 0.3) is 5.91 Å². The van der Waals surface area contributed by atoms with Crippen molar-refractivity contribution in [1.82, 2.24) is 10.9 Å². The van der Waals surface area contributed by atoms with Crippen LogP contribution in [0.4, 0.5) is 5.69 Å². The number of benzene rings is 2. The summed E-state index contributed by atoms with van der Waals surface area (Å²) in [5.74, 6) is 0.658. The van der Waals surface area contributed by atoms with E-state index in [1.54, 1.807) is 31.4 Å². The predicted molar refractivity (Wildman–Crippen MR) is 111 cm³/mol. The van der Waals surface area contributed by atoms with Gasteiger partial charge in [-0.15, -0.1) is 0 Å². The lowest BCUT2D eigenvalue weighted by molar-refractivity contribution is -0.112. The highest BCUT2D eigenvalue weighted by Crippen LogP contribution is 2.30. The van der Waals surface area contributed by atoms with Gasteiger partial charge in [-0.1, -0.05) is 29.8 Å². The van der Waals surface area contributed by atoms with Gasteiger partial charge in [-0.3, -0.25) is 10.2 Å². The lowest BCUT2D eigenvalue weighted by atomic mass is 9.93. The van der Waals surface area contributed by atoms with Crippen LogP contribution in [0.3, 0.4) is 0 Å². The topological polar surface area (TPSA) is 95.4 Å². The van der Waals surface area contributed by atoms with Gasteiger partial charge in [0.05, 0.1) is 25.3 Å². The number of carbonyl (C=O) groups is 1. The molecule has 2 unspecified atom stereocenters. The average Bonchev–Trinajstić information content (AvgIpc) is 3.20. The van der Waals surface area contributed by atoms with Crippen LogP contribution in [-0.2, 0) is 4.79 Å². The van der Waals surface area contributed by atoms with Crippen molar-refractivity contribution in [2.75, 3.05) is 26.1 Å². The molecule has 150 valence electrons. The molecule has 0 aliphatic carbocycles. The minimum absolute atomic E-state index is 0.0281. The van der Waals surface area contributed by atoms with E-state index in [9.17, 15) is 10.1 Å². The summed E-state index contributed by atoms with van der Waals surface area (Å²) >= 11 is 6.09. The number of carbonyl (C=O) groups excluding carboxylic acids is 1. The monoisotopic (exact) mass is 412 g/mol. The molecule has 0 aromatic heterocycles. The standard InChI is InChI=1S/C21H21ClN4O3/c1-28-17-5-3-4-13(9-17)20-15(12-24-26-20)8-14(11-23)21(27)25-16-6-7-19(29-2)18(22)10-16/h3-10,15,20,24,26H,12H2,1-2H3,(H,25,27)/b14-8-. The summed E-state index contributed by atoms with van der Waals surface area (Å²) in [6.07, 6.45) is 1.68. The first-order valence-corrected chi connectivity index (χ1v) is 9.32. The van der Waals surface area contributed by atoms with Gasteiger partial charge in [-0.2, -0.15) is 5.26 Å². The number of nitrogens with one attached hydrogen (secondary N) is 3. The molecule has 1 amide bonds. The number of amides is 1. The number of methoxy groups -OCH3 is 2. The summed E-state index contributed by atoms with van der Waals surface area (Å²) in [5, 5.41) is 12.6. The zero-order valence-electron chi connectivity index (χ0n) is 16.0. The second-order valence-corrected chi connectivity index (χ2v) is 6.85. The molecule has 2 aromatic rings. The molecule has 1 saturated heterocycles. The number of ether oxygens (including phenoxy) is 2. The smallest absolute Gasteiger partial charge is 0.265 e. The summed E-state index contributed by atoms with van der Waals surface area (Å²) < 4.78 is 10.4. The number of hydrazine groups is 1. The average molecular weight is 413 g/mol. The van der Waals surface area contributed by atoms with Gasteiger partial charge in [0, 0.05) is 18.2 Å². The molecule has 7 nitrogen and oxygen atoms in total. The van der Waals surface area contributed by atoms with Crippen molar-refractivity contribution in [1.29, 1.82) is 5.26 Å². The van der Waals surface area contributed by atoms with Crippen LogP contribution in [0, 0.1) is 17.2 Å². The molecule has 2 aromatic carbocycles. The van der Waals surface area contributed by atoms with Crippen LogP contribution < -0.4 is 25.6 Å². The van der Waals surface area contributed by atoms with Gasteiger partial charge < -0.3 is 14.8 Å². The normalized spacial score (nSPS) is 18.8. The summed E-state index contributed by atoms with van der Waals surface area (Å²) in [6, 6.07) is 14.4. The Hall–Kier alpha value is -3.05. The van der Waals surface area contributed by atoms with Gasteiger partial charge in [0.1, 0.15) is 23.1 Å². The first-order chi connectivity index (χ1) is 14.0. The van der Waals surface area contributed by atoms with Crippen molar-refractivity contribution < 1.29 is 14.3 Å². The molecule has 3 rings (SSSR count). The highest BCUT2D eigenvalue weighted by molar-refractivity contribution is 6.32. The SMILES string of the molecule is COc1cccc(C2NNCC2/C=C(/C#N)C(=O)Nc2ccc(OC)c(Cl)c2)c1. The van der Waals surface area contributed by atoms with Crippen LogP contribution in [0.25, 0.3) is 0 Å². The third-order valence-corrected chi connectivity index (χ3v) is 4.93. The Morgan fingerprint density at radius 2 is 2.10 bits per heavy atom. The van der Waals surface area contributed by atoms with Crippen molar-refractivity contribution in [3.8, 4) is 17.6 Å². The molecule has 2 atom stereocenters. The van der Waals surface area contributed by atoms with Crippen molar-refractivity contribution in [2.24, 2.45) is 5.92 Å². The van der Waals surface area contributed by atoms with E-state index in [1.165, 1.54) is 7.11 Å². The molecule has 1 aliphatic heterocycles. The quantitative estimate of drug-likeness (QED) is 0.498. The van der Waals surface area contributed by atoms with E-state index in [-0.39, 0.29) is 17.5 Å². The molecule has 0 radical (unpaired) electrons. The number of hydrogen-bond donors (Lipinski definition) is 3. The molecule has 8 heteroatoms. The number of hydrogen-bond acceptors (Lipinski definition) is 6. The van der Waals surface area contributed by atoms with Crippen molar-refractivity contribution in [2.45, 2.75) is 6.04 Å². The van der Waals surface area contributed by atoms with Crippen LogP contribution in [0.1, 0.15) is 11.6 Å². The van der Waals surface area contributed by atoms with E-state index in [0.717, 1.165) is 11.3 Å². The number of rotatable bonds is 6. The molecular formula is C21H21ClN4O3. The minimum atomic E-state index is -0.495. The van der Waals surface area contributed by atoms with Crippen LogP contribution >= 0.6 is 11.6 Å².